The molecule has 2 aromatic rings. The third kappa shape index (κ3) is 2.14. The zero-order chi connectivity index (χ0) is 15.3. The molecule has 2 aromatic heterocycles. The molecule has 4 rings (SSSR count). The minimum absolute atomic E-state index is 0.345. The molecule has 0 radical (unpaired) electrons. The van der Waals surface area contributed by atoms with E-state index in [1.54, 1.807) is 0 Å². The van der Waals surface area contributed by atoms with Gasteiger partial charge in [0.05, 0.1) is 12.3 Å². The summed E-state index contributed by atoms with van der Waals surface area (Å²) in [5.74, 6) is 0. The predicted octanol–water partition coefficient (Wildman–Crippen LogP) is 1.07. The quantitative estimate of drug-likeness (QED) is 0.899. The molecule has 6 nitrogen and oxygen atoms in total. The zero-order valence-corrected chi connectivity index (χ0v) is 13.1. The van der Waals surface area contributed by atoms with E-state index in [4.69, 9.17) is 4.74 Å². The smallest absolute Gasteiger partial charge is 0.159 e. The number of hydrogen-bond donors (Lipinski definition) is 1. The van der Waals surface area contributed by atoms with Crippen molar-refractivity contribution in [1.82, 2.24) is 19.5 Å². The van der Waals surface area contributed by atoms with Gasteiger partial charge < -0.3 is 9.84 Å². The number of nitrogens with zero attached hydrogens (tertiary/aromatic N) is 4. The molecule has 118 valence electrons. The standard InChI is InChI=1S/C16H22N4O2/c1-11-6-12(2)20-15(18-11)13(7-17-20)8-19-9-14(21)16(10-19)4-3-5-22-16/h6-7,14,21H,3-5,8-10H2,1-2H3/t14-,16-/m0/s1. The van der Waals surface area contributed by atoms with E-state index < -0.39 is 6.10 Å². The SMILES string of the molecule is Cc1cc(C)n2ncc(CN3C[C@H](O)[C@]4(CCCO4)C3)c2n1. The zero-order valence-electron chi connectivity index (χ0n) is 13.1. The summed E-state index contributed by atoms with van der Waals surface area (Å²) in [6, 6.07) is 2.03. The van der Waals surface area contributed by atoms with Crippen molar-refractivity contribution in [3.8, 4) is 0 Å². The second-order valence-corrected chi connectivity index (χ2v) is 6.65. The van der Waals surface area contributed by atoms with Crippen LogP contribution in [0, 0.1) is 13.8 Å². The van der Waals surface area contributed by atoms with Crippen molar-refractivity contribution >= 4 is 5.65 Å². The third-order valence-corrected chi connectivity index (χ3v) is 4.91. The van der Waals surface area contributed by atoms with Gasteiger partial charge in [-0.15, -0.1) is 0 Å². The number of ether oxygens (including phenoxy) is 1. The molecule has 2 aliphatic heterocycles. The first kappa shape index (κ1) is 14.1. The van der Waals surface area contributed by atoms with Crippen molar-refractivity contribution in [2.75, 3.05) is 19.7 Å². The van der Waals surface area contributed by atoms with Gasteiger partial charge in [0.2, 0.25) is 0 Å². The Hall–Kier alpha value is -1.50. The minimum atomic E-state index is -0.395. The van der Waals surface area contributed by atoms with Crippen LogP contribution in [-0.4, -0.2) is 56.0 Å². The lowest BCUT2D eigenvalue weighted by atomic mass is 9.97. The van der Waals surface area contributed by atoms with E-state index in [1.165, 1.54) is 0 Å². The lowest BCUT2D eigenvalue weighted by molar-refractivity contribution is -0.0593. The van der Waals surface area contributed by atoms with Crippen LogP contribution >= 0.6 is 0 Å². The highest BCUT2D eigenvalue weighted by Crippen LogP contribution is 2.35. The highest BCUT2D eigenvalue weighted by molar-refractivity contribution is 5.48. The number of fused-ring (bicyclic) bond motifs is 1. The molecule has 4 heterocycles. The molecular formula is C16H22N4O2. The molecule has 1 spiro atoms. The van der Waals surface area contributed by atoms with E-state index in [1.807, 2.05) is 30.6 Å². The van der Waals surface area contributed by atoms with E-state index in [2.05, 4.69) is 15.0 Å². The summed E-state index contributed by atoms with van der Waals surface area (Å²) in [4.78, 5) is 6.88. The van der Waals surface area contributed by atoms with Gasteiger partial charge in [0.25, 0.3) is 0 Å². The number of aliphatic hydroxyl groups excluding tert-OH is 1. The van der Waals surface area contributed by atoms with Crippen molar-refractivity contribution in [3.05, 3.63) is 29.2 Å². The van der Waals surface area contributed by atoms with E-state index >= 15 is 0 Å². The van der Waals surface area contributed by atoms with Crippen LogP contribution in [0.25, 0.3) is 5.65 Å². The van der Waals surface area contributed by atoms with Gasteiger partial charge in [0.15, 0.2) is 5.65 Å². The molecule has 2 atom stereocenters. The second-order valence-electron chi connectivity index (χ2n) is 6.65. The highest BCUT2D eigenvalue weighted by atomic mass is 16.5. The topological polar surface area (TPSA) is 62.9 Å². The van der Waals surface area contributed by atoms with Crippen molar-refractivity contribution in [1.29, 1.82) is 0 Å². The molecule has 0 bridgehead atoms. The van der Waals surface area contributed by atoms with Crippen molar-refractivity contribution in [3.63, 3.8) is 0 Å². The first-order chi connectivity index (χ1) is 10.6. The monoisotopic (exact) mass is 302 g/mol. The molecule has 0 saturated carbocycles. The molecule has 0 unspecified atom stereocenters. The Labute approximate surface area is 129 Å². The Kier molecular flexibility index (Phi) is 3.21. The lowest BCUT2D eigenvalue weighted by Gasteiger charge is -2.25. The minimum Gasteiger partial charge on any atom is -0.389 e. The molecule has 0 amide bonds. The van der Waals surface area contributed by atoms with Gasteiger partial charge in [0.1, 0.15) is 5.60 Å². The first-order valence-corrected chi connectivity index (χ1v) is 7.93. The number of aliphatic hydroxyl groups is 1. The number of aryl methyl sites for hydroxylation is 2. The van der Waals surface area contributed by atoms with Gasteiger partial charge >= 0.3 is 0 Å². The molecule has 0 aromatic carbocycles. The van der Waals surface area contributed by atoms with Gasteiger partial charge in [-0.1, -0.05) is 0 Å². The predicted molar refractivity (Wildman–Crippen MR) is 81.7 cm³/mol. The largest absolute Gasteiger partial charge is 0.389 e. The maximum absolute atomic E-state index is 10.4. The van der Waals surface area contributed by atoms with E-state index in [0.29, 0.717) is 6.54 Å². The Morgan fingerprint density at radius 2 is 2.32 bits per heavy atom. The number of β-amino-alcohol motifs (C(OH)–C–C–N with tert-alkyl or cyclic N) is 1. The van der Waals surface area contributed by atoms with Crippen LogP contribution in [0.2, 0.25) is 0 Å². The Bertz CT molecular complexity index is 705. The number of rotatable bonds is 2. The summed E-state index contributed by atoms with van der Waals surface area (Å²) in [7, 11) is 0. The summed E-state index contributed by atoms with van der Waals surface area (Å²) in [5, 5.41) is 14.8. The molecule has 1 N–H and O–H groups in total. The fourth-order valence-corrected chi connectivity index (χ4v) is 3.85. The average Bonchev–Trinajstić information content (AvgIpc) is 3.14. The number of hydrogen-bond acceptors (Lipinski definition) is 5. The maximum Gasteiger partial charge on any atom is 0.159 e. The number of aromatic nitrogens is 3. The first-order valence-electron chi connectivity index (χ1n) is 7.93. The normalized spacial score (nSPS) is 29.1. The van der Waals surface area contributed by atoms with Gasteiger partial charge in [-0.25, -0.2) is 9.50 Å². The summed E-state index contributed by atoms with van der Waals surface area (Å²) in [6.45, 7) is 7.01. The van der Waals surface area contributed by atoms with Crippen LogP contribution in [0.3, 0.4) is 0 Å². The van der Waals surface area contributed by atoms with Gasteiger partial charge in [-0.2, -0.15) is 5.10 Å². The van der Waals surface area contributed by atoms with Crippen LogP contribution in [0.4, 0.5) is 0 Å². The van der Waals surface area contributed by atoms with Crippen LogP contribution in [0.5, 0.6) is 0 Å². The van der Waals surface area contributed by atoms with Crippen molar-refractivity contribution in [2.24, 2.45) is 0 Å². The third-order valence-electron chi connectivity index (χ3n) is 4.91. The van der Waals surface area contributed by atoms with Crippen LogP contribution < -0.4 is 0 Å². The molecular weight excluding hydrogens is 280 g/mol. The molecule has 0 aliphatic carbocycles. The van der Waals surface area contributed by atoms with Crippen LogP contribution in [0.15, 0.2) is 12.3 Å². The summed E-state index contributed by atoms with van der Waals surface area (Å²) < 4.78 is 7.75. The lowest BCUT2D eigenvalue weighted by Crippen LogP contribution is -2.40. The fourth-order valence-electron chi connectivity index (χ4n) is 3.85. The van der Waals surface area contributed by atoms with Crippen LogP contribution in [-0.2, 0) is 11.3 Å². The Morgan fingerprint density at radius 1 is 1.45 bits per heavy atom. The van der Waals surface area contributed by atoms with Crippen LogP contribution in [0.1, 0.15) is 29.8 Å². The summed E-state index contributed by atoms with van der Waals surface area (Å²) in [6.07, 6.45) is 3.49. The van der Waals surface area contributed by atoms with Crippen molar-refractivity contribution in [2.45, 2.75) is 44.9 Å². The van der Waals surface area contributed by atoms with Gasteiger partial charge in [-0.05, 0) is 32.8 Å². The van der Waals surface area contributed by atoms with Gasteiger partial charge in [-0.3, -0.25) is 4.90 Å². The maximum atomic E-state index is 10.4. The van der Waals surface area contributed by atoms with Crippen molar-refractivity contribution < 1.29 is 9.84 Å². The molecule has 6 heteroatoms. The van der Waals surface area contributed by atoms with E-state index in [-0.39, 0.29) is 5.60 Å². The fraction of sp³-hybridized carbons (Fsp3) is 0.625. The van der Waals surface area contributed by atoms with Gasteiger partial charge in [0, 0.05) is 43.2 Å². The molecule has 22 heavy (non-hydrogen) atoms. The highest BCUT2D eigenvalue weighted by Gasteiger charge is 2.48. The molecule has 2 saturated heterocycles. The molecule has 2 fully saturated rings. The van der Waals surface area contributed by atoms with E-state index in [0.717, 1.165) is 55.1 Å². The van der Waals surface area contributed by atoms with E-state index in [9.17, 15) is 5.11 Å². The summed E-state index contributed by atoms with van der Waals surface area (Å²) in [5.41, 5.74) is 3.77. The second kappa shape index (κ2) is 5.01. The Morgan fingerprint density at radius 3 is 3.09 bits per heavy atom. The summed E-state index contributed by atoms with van der Waals surface area (Å²) >= 11 is 0. The average molecular weight is 302 g/mol. The Balaban J connectivity index is 1.60. The molecule has 2 aliphatic rings. The number of likely N-dealkylation sites (tertiary alicyclic amines) is 1.